The van der Waals surface area contributed by atoms with Gasteiger partial charge in [-0.1, -0.05) is 31.0 Å². The van der Waals surface area contributed by atoms with Crippen LogP contribution >= 0.6 is 11.8 Å². The van der Waals surface area contributed by atoms with Crippen LogP contribution in [0.5, 0.6) is 0 Å². The first-order chi connectivity index (χ1) is 10.7. The van der Waals surface area contributed by atoms with Crippen LogP contribution in [-0.4, -0.2) is 37.3 Å². The third-order valence-electron chi connectivity index (χ3n) is 4.04. The number of thioether (sulfide) groups is 1. The van der Waals surface area contributed by atoms with Crippen molar-refractivity contribution in [1.82, 2.24) is 24.9 Å². The Morgan fingerprint density at radius 1 is 1.45 bits per heavy atom. The highest BCUT2D eigenvalue weighted by molar-refractivity contribution is 8.00. The van der Waals surface area contributed by atoms with Gasteiger partial charge in [-0.3, -0.25) is 4.79 Å². The summed E-state index contributed by atoms with van der Waals surface area (Å²) in [5.74, 6) is 1.26. The van der Waals surface area contributed by atoms with E-state index in [0.29, 0.717) is 16.9 Å². The average Bonchev–Trinajstić information content (AvgIpc) is 2.95. The van der Waals surface area contributed by atoms with Gasteiger partial charge >= 0.3 is 0 Å². The van der Waals surface area contributed by atoms with E-state index >= 15 is 0 Å². The Hall–Kier alpha value is -1.63. The normalized spacial score (nSPS) is 17.5. The van der Waals surface area contributed by atoms with Crippen molar-refractivity contribution in [2.75, 3.05) is 6.54 Å². The number of aromatic nitrogens is 4. The van der Waals surface area contributed by atoms with Gasteiger partial charge in [-0.2, -0.15) is 4.98 Å². The SMILES string of the molecule is CC(Sc1nc2ncccn2n1)C(=O)NCC1CCCCC1. The second-order valence-electron chi connectivity index (χ2n) is 5.77. The number of nitrogens with zero attached hydrogens (tertiary/aromatic N) is 4. The zero-order valence-corrected chi connectivity index (χ0v) is 13.6. The molecule has 6 nitrogen and oxygen atoms in total. The molecule has 1 N–H and O–H groups in total. The van der Waals surface area contributed by atoms with Gasteiger partial charge in [0, 0.05) is 18.9 Å². The lowest BCUT2D eigenvalue weighted by atomic mass is 9.89. The monoisotopic (exact) mass is 319 g/mol. The summed E-state index contributed by atoms with van der Waals surface area (Å²) in [7, 11) is 0. The van der Waals surface area contributed by atoms with Crippen molar-refractivity contribution in [1.29, 1.82) is 0 Å². The number of rotatable bonds is 5. The van der Waals surface area contributed by atoms with Gasteiger partial charge in [-0.15, -0.1) is 5.10 Å². The molecular formula is C15H21N5OS. The molecule has 2 aromatic heterocycles. The van der Waals surface area contributed by atoms with Crippen molar-refractivity contribution in [2.24, 2.45) is 5.92 Å². The Morgan fingerprint density at radius 2 is 2.27 bits per heavy atom. The van der Waals surface area contributed by atoms with E-state index in [-0.39, 0.29) is 11.2 Å². The summed E-state index contributed by atoms with van der Waals surface area (Å²) >= 11 is 1.37. The molecule has 3 rings (SSSR count). The van der Waals surface area contributed by atoms with Gasteiger partial charge in [0.25, 0.3) is 5.78 Å². The van der Waals surface area contributed by atoms with Crippen LogP contribution in [0.15, 0.2) is 23.6 Å². The molecule has 2 heterocycles. The van der Waals surface area contributed by atoms with E-state index in [2.05, 4.69) is 20.4 Å². The minimum absolute atomic E-state index is 0.0578. The molecule has 0 aliphatic heterocycles. The van der Waals surface area contributed by atoms with Crippen LogP contribution in [0.25, 0.3) is 5.78 Å². The van der Waals surface area contributed by atoms with Crippen molar-refractivity contribution >= 4 is 23.4 Å². The lowest BCUT2D eigenvalue weighted by Crippen LogP contribution is -2.35. The molecule has 1 aliphatic rings. The third kappa shape index (κ3) is 3.76. The van der Waals surface area contributed by atoms with Gasteiger partial charge in [0.05, 0.1) is 5.25 Å². The van der Waals surface area contributed by atoms with Crippen LogP contribution in [0.1, 0.15) is 39.0 Å². The summed E-state index contributed by atoms with van der Waals surface area (Å²) in [5, 5.41) is 7.75. The van der Waals surface area contributed by atoms with Crippen LogP contribution in [0.3, 0.4) is 0 Å². The van der Waals surface area contributed by atoms with E-state index in [0.717, 1.165) is 6.54 Å². The zero-order chi connectivity index (χ0) is 15.4. The molecule has 7 heteroatoms. The molecule has 118 valence electrons. The van der Waals surface area contributed by atoms with Crippen LogP contribution < -0.4 is 5.32 Å². The van der Waals surface area contributed by atoms with E-state index in [4.69, 9.17) is 0 Å². The van der Waals surface area contributed by atoms with Crippen LogP contribution in [0, 0.1) is 5.92 Å². The Bertz CT molecular complexity index is 605. The summed E-state index contributed by atoms with van der Waals surface area (Å²) < 4.78 is 1.62. The number of carbonyl (C=O) groups is 1. The maximum Gasteiger partial charge on any atom is 0.253 e. The number of fused-ring (bicyclic) bond motifs is 1. The second-order valence-corrected chi connectivity index (χ2v) is 7.08. The van der Waals surface area contributed by atoms with E-state index in [1.807, 2.05) is 6.92 Å². The van der Waals surface area contributed by atoms with Gasteiger partial charge in [0.15, 0.2) is 0 Å². The number of hydrogen-bond donors (Lipinski definition) is 1. The first-order valence-corrected chi connectivity index (χ1v) is 8.72. The molecular weight excluding hydrogens is 298 g/mol. The van der Waals surface area contributed by atoms with Crippen LogP contribution in [-0.2, 0) is 4.79 Å². The molecule has 22 heavy (non-hydrogen) atoms. The fourth-order valence-electron chi connectivity index (χ4n) is 2.76. The van der Waals surface area contributed by atoms with Gasteiger partial charge in [0.2, 0.25) is 11.1 Å². The molecule has 1 saturated carbocycles. The van der Waals surface area contributed by atoms with Gasteiger partial charge in [-0.25, -0.2) is 9.50 Å². The van der Waals surface area contributed by atoms with E-state index in [9.17, 15) is 4.79 Å². The minimum atomic E-state index is -0.207. The Balaban J connectivity index is 1.51. The van der Waals surface area contributed by atoms with Crippen molar-refractivity contribution in [3.63, 3.8) is 0 Å². The standard InChI is InChI=1S/C15H21N5OS/c1-11(13(21)17-10-12-6-3-2-4-7-12)22-15-18-14-16-8-5-9-20(14)19-15/h5,8-9,11-12H,2-4,6-7,10H2,1H3,(H,17,21). The number of nitrogens with one attached hydrogen (secondary N) is 1. The summed E-state index contributed by atoms with van der Waals surface area (Å²) in [6.45, 7) is 2.68. The van der Waals surface area contributed by atoms with Crippen LogP contribution in [0.2, 0.25) is 0 Å². The number of amides is 1. The highest BCUT2D eigenvalue weighted by Crippen LogP contribution is 2.23. The molecule has 1 fully saturated rings. The highest BCUT2D eigenvalue weighted by Gasteiger charge is 2.19. The maximum atomic E-state index is 12.2. The van der Waals surface area contributed by atoms with Crippen molar-refractivity contribution in [3.8, 4) is 0 Å². The lowest BCUT2D eigenvalue weighted by molar-refractivity contribution is -0.120. The molecule has 0 saturated heterocycles. The summed E-state index contributed by atoms with van der Waals surface area (Å²) in [6, 6.07) is 1.80. The predicted octanol–water partition coefficient (Wildman–Crippen LogP) is 2.30. The largest absolute Gasteiger partial charge is 0.355 e. The van der Waals surface area contributed by atoms with Crippen molar-refractivity contribution < 1.29 is 4.79 Å². The Labute approximate surface area is 134 Å². The molecule has 1 aliphatic carbocycles. The molecule has 0 aromatic carbocycles. The van der Waals surface area contributed by atoms with Crippen molar-refractivity contribution in [2.45, 2.75) is 49.4 Å². The molecule has 1 unspecified atom stereocenters. The van der Waals surface area contributed by atoms with Crippen molar-refractivity contribution in [3.05, 3.63) is 18.5 Å². The first-order valence-electron chi connectivity index (χ1n) is 7.84. The Morgan fingerprint density at radius 3 is 3.05 bits per heavy atom. The first kappa shape index (κ1) is 15.3. The second kappa shape index (κ2) is 7.09. The summed E-state index contributed by atoms with van der Waals surface area (Å²) in [4.78, 5) is 20.6. The van der Waals surface area contributed by atoms with E-state index in [1.54, 1.807) is 23.0 Å². The van der Waals surface area contributed by atoms with E-state index < -0.39 is 0 Å². The molecule has 1 atom stereocenters. The molecule has 0 radical (unpaired) electrons. The minimum Gasteiger partial charge on any atom is -0.355 e. The highest BCUT2D eigenvalue weighted by atomic mass is 32.2. The maximum absolute atomic E-state index is 12.2. The quantitative estimate of drug-likeness (QED) is 0.856. The summed E-state index contributed by atoms with van der Waals surface area (Å²) in [6.07, 6.45) is 9.88. The topological polar surface area (TPSA) is 72.2 Å². The number of hydrogen-bond acceptors (Lipinski definition) is 5. The predicted molar refractivity (Wildman–Crippen MR) is 85.7 cm³/mol. The summed E-state index contributed by atoms with van der Waals surface area (Å²) in [5.41, 5.74) is 0. The van der Waals surface area contributed by atoms with Crippen LogP contribution in [0.4, 0.5) is 0 Å². The van der Waals surface area contributed by atoms with Gasteiger partial charge in [-0.05, 0) is 31.7 Å². The van der Waals surface area contributed by atoms with Gasteiger partial charge in [0.1, 0.15) is 0 Å². The van der Waals surface area contributed by atoms with Gasteiger partial charge < -0.3 is 5.32 Å². The average molecular weight is 319 g/mol. The third-order valence-corrected chi connectivity index (χ3v) is 4.99. The number of carbonyl (C=O) groups excluding carboxylic acids is 1. The molecule has 0 bridgehead atoms. The molecule has 1 amide bonds. The smallest absolute Gasteiger partial charge is 0.253 e. The lowest BCUT2D eigenvalue weighted by Gasteiger charge is -2.22. The molecule has 2 aromatic rings. The zero-order valence-electron chi connectivity index (χ0n) is 12.7. The fraction of sp³-hybridized carbons (Fsp3) is 0.600. The van der Waals surface area contributed by atoms with E-state index in [1.165, 1.54) is 43.9 Å². The Kier molecular flexibility index (Phi) is 4.92. The molecule has 0 spiro atoms. The fourth-order valence-corrected chi connectivity index (χ4v) is 3.53.